The number of halogens is 2. The molecule has 5 nitrogen and oxygen atoms in total. The second-order valence-electron chi connectivity index (χ2n) is 3.53. The molecule has 0 heterocycles. The van der Waals surface area contributed by atoms with Crippen LogP contribution < -0.4 is 20.9 Å². The molecule has 0 radical (unpaired) electrons. The molecule has 0 aliphatic rings. The van der Waals surface area contributed by atoms with Crippen LogP contribution in [0.1, 0.15) is 6.92 Å². The van der Waals surface area contributed by atoms with Gasteiger partial charge in [0.15, 0.2) is 11.2 Å². The van der Waals surface area contributed by atoms with Gasteiger partial charge in [-0.15, -0.1) is 0 Å². The number of hydrogen-bond donors (Lipinski definition) is 3. The number of thiocarbonyl (C=S) groups is 1. The minimum absolute atomic E-state index is 0.296. The highest BCUT2D eigenvalue weighted by Crippen LogP contribution is 2.28. The van der Waals surface area contributed by atoms with Gasteiger partial charge in [0.2, 0.25) is 0 Å². The molecular formula is C11H13Cl2N3O2S. The minimum atomic E-state index is -0.745. The van der Waals surface area contributed by atoms with Crippen molar-refractivity contribution < 1.29 is 9.53 Å². The molecule has 1 aromatic carbocycles. The number of hydrogen-bond acceptors (Lipinski definition) is 3. The zero-order valence-corrected chi connectivity index (χ0v) is 12.6. The molecule has 0 fully saturated rings. The maximum absolute atomic E-state index is 11.7. The highest BCUT2D eigenvalue weighted by molar-refractivity contribution is 7.80. The van der Waals surface area contributed by atoms with Crippen molar-refractivity contribution in [1.29, 1.82) is 0 Å². The van der Waals surface area contributed by atoms with E-state index in [-0.39, 0.29) is 5.91 Å². The van der Waals surface area contributed by atoms with Crippen LogP contribution in [0.3, 0.4) is 0 Å². The lowest BCUT2D eigenvalue weighted by Crippen LogP contribution is -2.49. The lowest BCUT2D eigenvalue weighted by Gasteiger charge is -2.16. The van der Waals surface area contributed by atoms with Gasteiger partial charge in [-0.05, 0) is 37.3 Å². The number of rotatable bonds is 3. The predicted molar refractivity (Wildman–Crippen MR) is 79.5 cm³/mol. The normalized spacial score (nSPS) is 11.4. The number of benzene rings is 1. The summed E-state index contributed by atoms with van der Waals surface area (Å²) in [5.41, 5.74) is 4.91. The van der Waals surface area contributed by atoms with E-state index in [0.29, 0.717) is 20.9 Å². The summed E-state index contributed by atoms with van der Waals surface area (Å²) >= 11 is 16.5. The van der Waals surface area contributed by atoms with E-state index in [1.54, 1.807) is 26.1 Å². The zero-order chi connectivity index (χ0) is 14.4. The fourth-order valence-electron chi connectivity index (χ4n) is 1.10. The van der Waals surface area contributed by atoms with Gasteiger partial charge < -0.3 is 10.1 Å². The van der Waals surface area contributed by atoms with E-state index in [1.807, 2.05) is 0 Å². The number of ether oxygens (including phenoxy) is 1. The van der Waals surface area contributed by atoms with Crippen LogP contribution in [0.5, 0.6) is 5.75 Å². The molecule has 0 saturated carbocycles. The van der Waals surface area contributed by atoms with E-state index in [1.165, 1.54) is 6.07 Å². The van der Waals surface area contributed by atoms with Gasteiger partial charge in [-0.3, -0.25) is 15.6 Å². The molecule has 0 aliphatic heterocycles. The fourth-order valence-corrected chi connectivity index (χ4v) is 1.60. The summed E-state index contributed by atoms with van der Waals surface area (Å²) in [6.07, 6.45) is -0.745. The van der Waals surface area contributed by atoms with Crippen molar-refractivity contribution in [1.82, 2.24) is 16.2 Å². The van der Waals surface area contributed by atoms with Gasteiger partial charge in [0.1, 0.15) is 5.75 Å². The Morgan fingerprint density at radius 3 is 2.63 bits per heavy atom. The van der Waals surface area contributed by atoms with Crippen LogP contribution in [0.2, 0.25) is 10.0 Å². The quantitative estimate of drug-likeness (QED) is 0.586. The van der Waals surface area contributed by atoms with Gasteiger partial charge in [0, 0.05) is 12.1 Å². The second kappa shape index (κ2) is 7.37. The third kappa shape index (κ3) is 5.10. The Hall–Kier alpha value is -1.24. The first-order valence-electron chi connectivity index (χ1n) is 5.33. The molecule has 0 aromatic heterocycles. The first kappa shape index (κ1) is 15.8. The Labute approximate surface area is 126 Å². The van der Waals surface area contributed by atoms with Crippen molar-refractivity contribution in [3.8, 4) is 5.75 Å². The van der Waals surface area contributed by atoms with Gasteiger partial charge in [-0.1, -0.05) is 23.2 Å². The largest absolute Gasteiger partial charge is 0.479 e. The van der Waals surface area contributed by atoms with Gasteiger partial charge in [-0.2, -0.15) is 0 Å². The molecule has 19 heavy (non-hydrogen) atoms. The number of carbonyl (C=O) groups is 1. The van der Waals surface area contributed by atoms with Crippen molar-refractivity contribution in [2.24, 2.45) is 0 Å². The van der Waals surface area contributed by atoms with E-state index in [9.17, 15) is 4.79 Å². The maximum atomic E-state index is 11.7. The van der Waals surface area contributed by atoms with E-state index in [4.69, 9.17) is 40.2 Å². The van der Waals surface area contributed by atoms with Gasteiger partial charge in [0.25, 0.3) is 5.91 Å². The lowest BCUT2D eigenvalue weighted by molar-refractivity contribution is -0.127. The average Bonchev–Trinajstić information content (AvgIpc) is 2.38. The van der Waals surface area contributed by atoms with Crippen LogP contribution in [-0.2, 0) is 4.79 Å². The summed E-state index contributed by atoms with van der Waals surface area (Å²) in [5.74, 6) is -0.00599. The maximum Gasteiger partial charge on any atom is 0.279 e. The molecule has 1 atom stereocenters. The third-order valence-corrected chi connectivity index (χ3v) is 2.93. The Balaban J connectivity index is 2.56. The van der Waals surface area contributed by atoms with Gasteiger partial charge >= 0.3 is 0 Å². The molecule has 0 spiro atoms. The van der Waals surface area contributed by atoms with Crippen LogP contribution >= 0.6 is 35.4 Å². The molecule has 1 aromatic rings. The fraction of sp³-hybridized carbons (Fsp3) is 0.273. The molecule has 104 valence electrons. The molecule has 0 bridgehead atoms. The number of amides is 1. The Bertz CT molecular complexity index is 485. The first-order chi connectivity index (χ1) is 8.93. The van der Waals surface area contributed by atoms with Crippen LogP contribution in [0, 0.1) is 0 Å². The van der Waals surface area contributed by atoms with Gasteiger partial charge in [-0.25, -0.2) is 0 Å². The minimum Gasteiger partial charge on any atom is -0.479 e. The van der Waals surface area contributed by atoms with E-state index in [2.05, 4.69) is 16.2 Å². The van der Waals surface area contributed by atoms with Crippen LogP contribution in [0.25, 0.3) is 0 Å². The van der Waals surface area contributed by atoms with Crippen molar-refractivity contribution in [3.05, 3.63) is 28.2 Å². The standard InChI is InChI=1S/C11H13Cl2N3O2S/c1-6(10(17)15-16-11(19)14-2)18-9-4-3-7(12)5-8(9)13/h3-6H,1-2H3,(H,15,17)(H2,14,16,19)/t6-/m1/s1. The molecule has 8 heteroatoms. The van der Waals surface area contributed by atoms with E-state index < -0.39 is 6.10 Å². The summed E-state index contributed by atoms with van der Waals surface area (Å²) in [4.78, 5) is 11.7. The summed E-state index contributed by atoms with van der Waals surface area (Å²) in [6, 6.07) is 4.76. The highest BCUT2D eigenvalue weighted by Gasteiger charge is 2.16. The van der Waals surface area contributed by atoms with Crippen molar-refractivity contribution in [3.63, 3.8) is 0 Å². The summed E-state index contributed by atoms with van der Waals surface area (Å²) in [6.45, 7) is 1.59. The summed E-state index contributed by atoms with van der Waals surface area (Å²) in [5, 5.41) is 3.78. The number of hydrazine groups is 1. The third-order valence-electron chi connectivity index (χ3n) is 2.09. The highest BCUT2D eigenvalue weighted by atomic mass is 35.5. The smallest absolute Gasteiger partial charge is 0.279 e. The predicted octanol–water partition coefficient (Wildman–Crippen LogP) is 1.89. The van der Waals surface area contributed by atoms with Crippen LogP contribution in [0.15, 0.2) is 18.2 Å². The number of carbonyl (C=O) groups excluding carboxylic acids is 1. The molecule has 1 rings (SSSR count). The van der Waals surface area contributed by atoms with Gasteiger partial charge in [0.05, 0.1) is 5.02 Å². The van der Waals surface area contributed by atoms with E-state index in [0.717, 1.165) is 0 Å². The summed E-state index contributed by atoms with van der Waals surface area (Å²) in [7, 11) is 1.63. The molecule has 3 N–H and O–H groups in total. The van der Waals surface area contributed by atoms with Crippen LogP contribution in [-0.4, -0.2) is 24.2 Å². The molecular weight excluding hydrogens is 309 g/mol. The SMILES string of the molecule is CNC(=S)NNC(=O)[C@@H](C)Oc1ccc(Cl)cc1Cl. The summed E-state index contributed by atoms with van der Waals surface area (Å²) < 4.78 is 5.42. The molecule has 0 aliphatic carbocycles. The Morgan fingerprint density at radius 1 is 1.37 bits per heavy atom. The molecule has 1 amide bonds. The van der Waals surface area contributed by atoms with Crippen molar-refractivity contribution >= 4 is 46.4 Å². The van der Waals surface area contributed by atoms with Crippen LogP contribution in [0.4, 0.5) is 0 Å². The lowest BCUT2D eigenvalue weighted by atomic mass is 10.3. The van der Waals surface area contributed by atoms with E-state index >= 15 is 0 Å². The number of nitrogens with one attached hydrogen (secondary N) is 3. The molecule has 0 saturated heterocycles. The Morgan fingerprint density at radius 2 is 2.05 bits per heavy atom. The van der Waals surface area contributed by atoms with Crippen molar-refractivity contribution in [2.45, 2.75) is 13.0 Å². The monoisotopic (exact) mass is 321 g/mol. The van der Waals surface area contributed by atoms with Crippen molar-refractivity contribution in [2.75, 3.05) is 7.05 Å². The topological polar surface area (TPSA) is 62.4 Å². The Kier molecular flexibility index (Phi) is 6.14. The molecule has 0 unspecified atom stereocenters. The average molecular weight is 322 g/mol. The zero-order valence-electron chi connectivity index (χ0n) is 10.3. The first-order valence-corrected chi connectivity index (χ1v) is 6.49. The second-order valence-corrected chi connectivity index (χ2v) is 4.78.